The number of thiazole rings is 1. The average Bonchev–Trinajstić information content (AvgIpc) is 3.17. The Kier molecular flexibility index (Phi) is 5.91. The molecule has 0 radical (unpaired) electrons. The Balaban J connectivity index is 1.54. The maximum atomic E-state index is 12.7. The minimum Gasteiger partial charge on any atom is -0.494 e. The van der Waals surface area contributed by atoms with E-state index in [2.05, 4.69) is 17.2 Å². The standard InChI is InChI=1S/C20H27N3O5S/c1-20(12-24)5-7-23(8-6-20)19(25)22-18-21-16-14(26-2)4-3-13(17(16)29-18)15-11-27-9-10-28-15/h3-4,15,24H,5-12H2,1-2H3,(H,21,22,25). The van der Waals surface area contributed by atoms with Gasteiger partial charge in [0.2, 0.25) is 0 Å². The highest BCUT2D eigenvalue weighted by molar-refractivity contribution is 7.22. The summed E-state index contributed by atoms with van der Waals surface area (Å²) >= 11 is 1.42. The lowest BCUT2D eigenvalue weighted by molar-refractivity contribution is -0.0895. The molecule has 2 aromatic rings. The molecule has 1 atom stereocenters. The molecule has 2 fully saturated rings. The second-order valence-electron chi connectivity index (χ2n) is 7.87. The van der Waals surface area contributed by atoms with Gasteiger partial charge in [-0.2, -0.15) is 0 Å². The number of aromatic nitrogens is 1. The molecule has 1 unspecified atom stereocenters. The van der Waals surface area contributed by atoms with Crippen LogP contribution in [-0.2, 0) is 9.47 Å². The Morgan fingerprint density at radius 1 is 1.41 bits per heavy atom. The lowest BCUT2D eigenvalue weighted by Gasteiger charge is -2.37. The van der Waals surface area contributed by atoms with Crippen molar-refractivity contribution >= 4 is 32.7 Å². The first-order chi connectivity index (χ1) is 14.0. The highest BCUT2D eigenvalue weighted by Gasteiger charge is 2.31. The van der Waals surface area contributed by atoms with Crippen LogP contribution in [0.15, 0.2) is 12.1 Å². The molecule has 3 heterocycles. The number of hydrogen-bond donors (Lipinski definition) is 2. The van der Waals surface area contributed by atoms with Gasteiger partial charge in [0, 0.05) is 25.3 Å². The highest BCUT2D eigenvalue weighted by Crippen LogP contribution is 2.39. The molecule has 1 aromatic carbocycles. The Morgan fingerprint density at radius 3 is 2.86 bits per heavy atom. The number of amides is 2. The summed E-state index contributed by atoms with van der Waals surface area (Å²) in [5.74, 6) is 0.661. The van der Waals surface area contributed by atoms with E-state index in [1.807, 2.05) is 12.1 Å². The molecule has 2 aliphatic heterocycles. The zero-order valence-electron chi connectivity index (χ0n) is 16.8. The molecule has 0 spiro atoms. The molecule has 0 aliphatic carbocycles. The molecule has 9 heteroatoms. The van der Waals surface area contributed by atoms with Crippen LogP contribution in [0.2, 0.25) is 0 Å². The van der Waals surface area contributed by atoms with Crippen molar-refractivity contribution in [2.24, 2.45) is 5.41 Å². The van der Waals surface area contributed by atoms with E-state index in [1.54, 1.807) is 12.0 Å². The number of nitrogens with zero attached hydrogens (tertiary/aromatic N) is 2. The Bertz CT molecular complexity index is 872. The van der Waals surface area contributed by atoms with E-state index in [0.29, 0.717) is 49.3 Å². The maximum absolute atomic E-state index is 12.7. The predicted molar refractivity (Wildman–Crippen MR) is 111 cm³/mol. The summed E-state index contributed by atoms with van der Waals surface area (Å²) in [4.78, 5) is 19.1. The zero-order chi connectivity index (χ0) is 20.4. The smallest absolute Gasteiger partial charge is 0.323 e. The van der Waals surface area contributed by atoms with Gasteiger partial charge < -0.3 is 24.2 Å². The number of urea groups is 1. The minimum atomic E-state index is -0.165. The number of nitrogens with one attached hydrogen (secondary N) is 1. The number of hydrogen-bond acceptors (Lipinski definition) is 7. The first kappa shape index (κ1) is 20.3. The molecule has 2 amide bonds. The number of carbonyl (C=O) groups is 1. The number of ether oxygens (including phenoxy) is 3. The van der Waals surface area contributed by atoms with Gasteiger partial charge in [0.25, 0.3) is 0 Å². The number of anilines is 1. The summed E-state index contributed by atoms with van der Waals surface area (Å²) in [5, 5.41) is 13.0. The molecule has 0 bridgehead atoms. The third-order valence-corrected chi connectivity index (χ3v) is 6.79. The van der Waals surface area contributed by atoms with Gasteiger partial charge in [-0.3, -0.25) is 5.32 Å². The van der Waals surface area contributed by atoms with Crippen LogP contribution in [0.3, 0.4) is 0 Å². The van der Waals surface area contributed by atoms with Gasteiger partial charge in [0.1, 0.15) is 17.4 Å². The van der Waals surface area contributed by atoms with Crippen LogP contribution in [-0.4, -0.2) is 67.6 Å². The van der Waals surface area contributed by atoms with Crippen molar-refractivity contribution in [2.75, 3.05) is 51.9 Å². The number of rotatable bonds is 4. The van der Waals surface area contributed by atoms with Crippen LogP contribution in [0.25, 0.3) is 10.2 Å². The van der Waals surface area contributed by atoms with Crippen LogP contribution in [0, 0.1) is 5.41 Å². The Morgan fingerprint density at radius 2 is 2.21 bits per heavy atom. The van der Waals surface area contributed by atoms with Gasteiger partial charge >= 0.3 is 6.03 Å². The van der Waals surface area contributed by atoms with Gasteiger partial charge in [-0.05, 0) is 24.3 Å². The van der Waals surface area contributed by atoms with Gasteiger partial charge in [0.05, 0.1) is 31.6 Å². The Labute approximate surface area is 173 Å². The quantitative estimate of drug-likeness (QED) is 0.788. The molecule has 2 saturated heterocycles. The summed E-state index contributed by atoms with van der Waals surface area (Å²) in [6, 6.07) is 3.69. The summed E-state index contributed by atoms with van der Waals surface area (Å²) in [6.07, 6.45) is 1.42. The molecule has 158 valence electrons. The van der Waals surface area contributed by atoms with Crippen LogP contribution in [0.4, 0.5) is 9.93 Å². The molecule has 2 N–H and O–H groups in total. The topological polar surface area (TPSA) is 93.2 Å². The molecular weight excluding hydrogens is 394 g/mol. The van der Waals surface area contributed by atoms with E-state index in [9.17, 15) is 9.90 Å². The number of piperidine rings is 1. The predicted octanol–water partition coefficient (Wildman–Crippen LogP) is 3.02. The number of aliphatic hydroxyl groups is 1. The van der Waals surface area contributed by atoms with Gasteiger partial charge in [0.15, 0.2) is 5.13 Å². The molecular formula is C20H27N3O5S. The van der Waals surface area contributed by atoms with Gasteiger partial charge in [-0.25, -0.2) is 9.78 Å². The van der Waals surface area contributed by atoms with Crippen molar-refractivity contribution in [1.82, 2.24) is 9.88 Å². The van der Waals surface area contributed by atoms with Crippen molar-refractivity contribution in [3.8, 4) is 5.75 Å². The van der Waals surface area contributed by atoms with E-state index in [-0.39, 0.29) is 24.2 Å². The molecule has 1 aromatic heterocycles. The molecule has 4 rings (SSSR count). The lowest BCUT2D eigenvalue weighted by atomic mass is 9.81. The molecule has 8 nitrogen and oxygen atoms in total. The summed E-state index contributed by atoms with van der Waals surface area (Å²) in [7, 11) is 1.61. The van der Waals surface area contributed by atoms with E-state index >= 15 is 0 Å². The largest absolute Gasteiger partial charge is 0.494 e. The summed E-state index contributed by atoms with van der Waals surface area (Å²) in [5.41, 5.74) is 1.61. The maximum Gasteiger partial charge on any atom is 0.323 e. The zero-order valence-corrected chi connectivity index (χ0v) is 17.6. The second kappa shape index (κ2) is 8.43. The minimum absolute atomic E-state index is 0.100. The first-order valence-corrected chi connectivity index (χ1v) is 10.7. The van der Waals surface area contributed by atoms with E-state index in [1.165, 1.54) is 11.3 Å². The van der Waals surface area contributed by atoms with Crippen molar-refractivity contribution in [2.45, 2.75) is 25.9 Å². The number of methoxy groups -OCH3 is 1. The monoisotopic (exact) mass is 421 g/mol. The lowest BCUT2D eigenvalue weighted by Crippen LogP contribution is -2.45. The van der Waals surface area contributed by atoms with Crippen LogP contribution >= 0.6 is 11.3 Å². The Hall–Kier alpha value is -1.94. The fourth-order valence-corrected chi connectivity index (χ4v) is 4.75. The van der Waals surface area contributed by atoms with Crippen molar-refractivity contribution in [1.29, 1.82) is 0 Å². The second-order valence-corrected chi connectivity index (χ2v) is 8.87. The average molecular weight is 422 g/mol. The number of carbonyl (C=O) groups excluding carboxylic acids is 1. The third kappa shape index (κ3) is 4.18. The first-order valence-electron chi connectivity index (χ1n) is 9.86. The van der Waals surface area contributed by atoms with Crippen molar-refractivity contribution < 1.29 is 24.1 Å². The van der Waals surface area contributed by atoms with E-state index in [0.717, 1.165) is 23.1 Å². The number of benzene rings is 1. The fourth-order valence-electron chi connectivity index (χ4n) is 3.72. The summed E-state index contributed by atoms with van der Waals surface area (Å²) in [6.45, 7) is 5.10. The van der Waals surface area contributed by atoms with Crippen molar-refractivity contribution in [3.63, 3.8) is 0 Å². The van der Waals surface area contributed by atoms with Gasteiger partial charge in [-0.15, -0.1) is 0 Å². The van der Waals surface area contributed by atoms with Gasteiger partial charge in [-0.1, -0.05) is 24.3 Å². The number of aliphatic hydroxyl groups excluding tert-OH is 1. The van der Waals surface area contributed by atoms with Crippen LogP contribution < -0.4 is 10.1 Å². The molecule has 29 heavy (non-hydrogen) atoms. The molecule has 2 aliphatic rings. The van der Waals surface area contributed by atoms with Crippen LogP contribution in [0.5, 0.6) is 5.75 Å². The normalized spacial score (nSPS) is 21.9. The van der Waals surface area contributed by atoms with E-state index in [4.69, 9.17) is 14.2 Å². The van der Waals surface area contributed by atoms with E-state index < -0.39 is 0 Å². The number of likely N-dealkylation sites (tertiary alicyclic amines) is 1. The highest BCUT2D eigenvalue weighted by atomic mass is 32.1. The summed E-state index contributed by atoms with van der Waals surface area (Å²) < 4.78 is 17.8. The van der Waals surface area contributed by atoms with Crippen LogP contribution in [0.1, 0.15) is 31.4 Å². The molecule has 0 saturated carbocycles. The van der Waals surface area contributed by atoms with Crippen molar-refractivity contribution in [3.05, 3.63) is 17.7 Å². The number of fused-ring (bicyclic) bond motifs is 1. The third-order valence-electron chi connectivity index (χ3n) is 5.77. The fraction of sp³-hybridized carbons (Fsp3) is 0.600. The SMILES string of the molecule is COc1ccc(C2COCCO2)c2sc(NC(=O)N3CCC(C)(CO)CC3)nc12.